The summed E-state index contributed by atoms with van der Waals surface area (Å²) in [5.74, 6) is -0.800. The van der Waals surface area contributed by atoms with E-state index in [1.54, 1.807) is 0 Å². The molecular weight excluding hydrogens is 146 g/mol. The number of carboxylic acids is 1. The van der Waals surface area contributed by atoms with Crippen LogP contribution in [0, 0.1) is 5.92 Å². The summed E-state index contributed by atoms with van der Waals surface area (Å²) in [5.41, 5.74) is 0. The molecule has 11 heavy (non-hydrogen) atoms. The molecule has 4 nitrogen and oxygen atoms in total. The largest absolute Gasteiger partial charge is 0.480 e. The van der Waals surface area contributed by atoms with Gasteiger partial charge in [0.15, 0.2) is 6.04 Å². The molecule has 0 spiro atoms. The number of amides is 1. The second-order valence-corrected chi connectivity index (χ2v) is 2.74. The van der Waals surface area contributed by atoms with Gasteiger partial charge < -0.3 is 5.11 Å². The molecule has 1 radical (unpaired) electrons. The molecule has 1 atom stereocenters. The SMILES string of the molecule is CC(C)CC([N]C=O)C(=O)O. The van der Waals surface area contributed by atoms with E-state index in [-0.39, 0.29) is 5.92 Å². The molecule has 0 aliphatic carbocycles. The van der Waals surface area contributed by atoms with Gasteiger partial charge in [-0.3, -0.25) is 4.79 Å². The zero-order chi connectivity index (χ0) is 8.85. The molecule has 0 aliphatic heterocycles. The first-order valence-corrected chi connectivity index (χ1v) is 3.44. The molecule has 1 N–H and O–H groups in total. The van der Waals surface area contributed by atoms with Gasteiger partial charge in [0, 0.05) is 0 Å². The van der Waals surface area contributed by atoms with E-state index < -0.39 is 12.0 Å². The highest BCUT2D eigenvalue weighted by molar-refractivity contribution is 5.75. The molecule has 0 rings (SSSR count). The fourth-order valence-electron chi connectivity index (χ4n) is 0.745. The first-order chi connectivity index (χ1) is 5.07. The van der Waals surface area contributed by atoms with E-state index in [0.717, 1.165) is 0 Å². The molecule has 0 aromatic heterocycles. The Morgan fingerprint density at radius 3 is 2.45 bits per heavy atom. The third-order valence-corrected chi connectivity index (χ3v) is 1.22. The third kappa shape index (κ3) is 4.36. The topological polar surface area (TPSA) is 68.5 Å². The van der Waals surface area contributed by atoms with Crippen LogP contribution < -0.4 is 5.32 Å². The molecule has 0 bridgehead atoms. The van der Waals surface area contributed by atoms with Crippen LogP contribution in [0.4, 0.5) is 0 Å². The van der Waals surface area contributed by atoms with Crippen LogP contribution in [0.1, 0.15) is 20.3 Å². The number of carbonyl (C=O) groups excluding carboxylic acids is 1. The molecule has 0 aromatic rings. The number of hydrogen-bond acceptors (Lipinski definition) is 2. The molecule has 0 fully saturated rings. The second kappa shape index (κ2) is 4.71. The molecule has 0 aliphatic rings. The van der Waals surface area contributed by atoms with Gasteiger partial charge in [0.05, 0.1) is 0 Å². The zero-order valence-electron chi connectivity index (χ0n) is 6.65. The van der Waals surface area contributed by atoms with Crippen LogP contribution in [0.25, 0.3) is 0 Å². The Balaban J connectivity index is 3.88. The molecule has 1 unspecified atom stereocenters. The maximum atomic E-state index is 10.4. The molecule has 1 amide bonds. The summed E-state index contributed by atoms with van der Waals surface area (Å²) in [7, 11) is 0. The lowest BCUT2D eigenvalue weighted by atomic mass is 10.0. The summed E-state index contributed by atoms with van der Waals surface area (Å²) in [6.45, 7) is 3.77. The maximum absolute atomic E-state index is 10.4. The summed E-state index contributed by atoms with van der Waals surface area (Å²) < 4.78 is 0. The monoisotopic (exact) mass is 158 g/mol. The molecule has 4 heteroatoms. The van der Waals surface area contributed by atoms with E-state index in [1.807, 2.05) is 13.8 Å². The fourth-order valence-corrected chi connectivity index (χ4v) is 0.745. The Morgan fingerprint density at radius 2 is 2.18 bits per heavy atom. The summed E-state index contributed by atoms with van der Waals surface area (Å²) in [5, 5.41) is 11.8. The van der Waals surface area contributed by atoms with Crippen molar-refractivity contribution >= 4 is 12.4 Å². The number of carbonyl (C=O) groups is 2. The Bertz CT molecular complexity index is 145. The molecule has 63 valence electrons. The third-order valence-electron chi connectivity index (χ3n) is 1.22. The predicted octanol–water partition coefficient (Wildman–Crippen LogP) is 0.246. The minimum absolute atomic E-state index is 0.236. The second-order valence-electron chi connectivity index (χ2n) is 2.74. The number of carboxylic acid groups (broad SMARTS) is 1. The van der Waals surface area contributed by atoms with E-state index in [2.05, 4.69) is 5.32 Å². The van der Waals surface area contributed by atoms with Gasteiger partial charge >= 0.3 is 5.97 Å². The molecule has 0 aromatic carbocycles. The normalized spacial score (nSPS) is 12.6. The number of rotatable bonds is 5. The Labute approximate surface area is 65.6 Å². The van der Waals surface area contributed by atoms with Crippen molar-refractivity contribution in [2.75, 3.05) is 0 Å². The van der Waals surface area contributed by atoms with E-state index in [4.69, 9.17) is 5.11 Å². The quantitative estimate of drug-likeness (QED) is 0.583. The van der Waals surface area contributed by atoms with Crippen LogP contribution in [-0.2, 0) is 9.59 Å². The Morgan fingerprint density at radius 1 is 1.64 bits per heavy atom. The standard InChI is InChI=1S/C7H12NO3/c1-5(2)3-6(7(10)11)8-4-9/h4-6H,3H2,1-2H3,(H,10,11). The van der Waals surface area contributed by atoms with E-state index in [0.29, 0.717) is 12.8 Å². The van der Waals surface area contributed by atoms with Crippen LogP contribution in [-0.4, -0.2) is 23.5 Å². The predicted molar refractivity (Wildman–Crippen MR) is 39.1 cm³/mol. The average molecular weight is 158 g/mol. The zero-order valence-corrected chi connectivity index (χ0v) is 6.65. The Hall–Kier alpha value is -1.06. The summed E-state index contributed by atoms with van der Waals surface area (Å²) in [6.07, 6.45) is 0.704. The molecule has 0 heterocycles. The number of nitrogens with zero attached hydrogens (tertiary/aromatic N) is 1. The van der Waals surface area contributed by atoms with Crippen LogP contribution >= 0.6 is 0 Å². The Kier molecular flexibility index (Phi) is 4.26. The van der Waals surface area contributed by atoms with Crippen molar-refractivity contribution in [3.8, 4) is 0 Å². The van der Waals surface area contributed by atoms with Crippen molar-refractivity contribution in [3.63, 3.8) is 0 Å². The van der Waals surface area contributed by atoms with Crippen LogP contribution in [0.2, 0.25) is 0 Å². The van der Waals surface area contributed by atoms with Gasteiger partial charge in [0.25, 0.3) is 0 Å². The van der Waals surface area contributed by atoms with E-state index >= 15 is 0 Å². The lowest BCUT2D eigenvalue weighted by Crippen LogP contribution is -2.31. The van der Waals surface area contributed by atoms with E-state index in [1.165, 1.54) is 0 Å². The number of hydrogen-bond donors (Lipinski definition) is 1. The van der Waals surface area contributed by atoms with E-state index in [9.17, 15) is 9.59 Å². The van der Waals surface area contributed by atoms with Crippen molar-refractivity contribution in [2.24, 2.45) is 5.92 Å². The summed E-state index contributed by atoms with van der Waals surface area (Å²) in [4.78, 5) is 20.2. The van der Waals surface area contributed by atoms with Crippen molar-refractivity contribution in [1.29, 1.82) is 0 Å². The van der Waals surface area contributed by atoms with Crippen molar-refractivity contribution in [2.45, 2.75) is 26.3 Å². The average Bonchev–Trinajstić information content (AvgIpc) is 1.86. The minimum Gasteiger partial charge on any atom is -0.480 e. The van der Waals surface area contributed by atoms with Crippen LogP contribution in [0.5, 0.6) is 0 Å². The van der Waals surface area contributed by atoms with Crippen LogP contribution in [0.15, 0.2) is 0 Å². The van der Waals surface area contributed by atoms with Gasteiger partial charge in [-0.1, -0.05) is 13.8 Å². The van der Waals surface area contributed by atoms with Crippen molar-refractivity contribution in [3.05, 3.63) is 0 Å². The first-order valence-electron chi connectivity index (χ1n) is 3.44. The van der Waals surface area contributed by atoms with Gasteiger partial charge in [-0.05, 0) is 12.3 Å². The lowest BCUT2D eigenvalue weighted by Gasteiger charge is -2.10. The smallest absolute Gasteiger partial charge is 0.328 e. The highest BCUT2D eigenvalue weighted by Crippen LogP contribution is 2.04. The fraction of sp³-hybridized carbons (Fsp3) is 0.714. The van der Waals surface area contributed by atoms with Gasteiger partial charge in [-0.2, -0.15) is 0 Å². The highest BCUT2D eigenvalue weighted by atomic mass is 16.4. The van der Waals surface area contributed by atoms with Crippen LogP contribution in [0.3, 0.4) is 0 Å². The van der Waals surface area contributed by atoms with Gasteiger partial charge in [-0.15, -0.1) is 0 Å². The van der Waals surface area contributed by atoms with Gasteiger partial charge in [0.2, 0.25) is 6.41 Å². The van der Waals surface area contributed by atoms with Crippen molar-refractivity contribution in [1.82, 2.24) is 5.32 Å². The molecular formula is C7H12NO3. The first kappa shape index (κ1) is 9.94. The maximum Gasteiger partial charge on any atom is 0.328 e. The number of aliphatic carboxylic acids is 1. The molecule has 0 saturated carbocycles. The highest BCUT2D eigenvalue weighted by Gasteiger charge is 2.18. The molecule has 0 saturated heterocycles. The lowest BCUT2D eigenvalue weighted by molar-refractivity contribution is -0.141. The minimum atomic E-state index is -1.04. The summed E-state index contributed by atoms with van der Waals surface area (Å²) >= 11 is 0. The van der Waals surface area contributed by atoms with Crippen molar-refractivity contribution < 1.29 is 14.7 Å². The van der Waals surface area contributed by atoms with Gasteiger partial charge in [-0.25, -0.2) is 10.1 Å². The van der Waals surface area contributed by atoms with Gasteiger partial charge in [0.1, 0.15) is 0 Å². The summed E-state index contributed by atoms with van der Waals surface area (Å²) in [6, 6.07) is -0.868.